The van der Waals surface area contributed by atoms with Crippen molar-refractivity contribution in [3.8, 4) is 0 Å². The van der Waals surface area contributed by atoms with Crippen LogP contribution in [0, 0.1) is 5.92 Å². The van der Waals surface area contributed by atoms with E-state index in [2.05, 4.69) is 10.6 Å². The van der Waals surface area contributed by atoms with Gasteiger partial charge in [0, 0.05) is 19.6 Å². The monoisotopic (exact) mass is 379 g/mol. The Morgan fingerprint density at radius 3 is 2.63 bits per heavy atom. The Hall–Kier alpha value is -1.14. The van der Waals surface area contributed by atoms with Crippen molar-refractivity contribution in [3.05, 3.63) is 0 Å². The maximum absolute atomic E-state index is 13.0. The highest BCUT2D eigenvalue weighted by Gasteiger charge is 2.31. The summed E-state index contributed by atoms with van der Waals surface area (Å²) >= 11 is 0. The van der Waals surface area contributed by atoms with Crippen LogP contribution in [0.15, 0.2) is 0 Å². The summed E-state index contributed by atoms with van der Waals surface area (Å²) in [5, 5.41) is 6.33. The number of amides is 2. The summed E-state index contributed by atoms with van der Waals surface area (Å²) in [4.78, 5) is 27.2. The van der Waals surface area contributed by atoms with Gasteiger partial charge in [0.15, 0.2) is 0 Å². The lowest BCUT2D eigenvalue weighted by Gasteiger charge is -2.36. The molecule has 2 aliphatic heterocycles. The topological polar surface area (TPSA) is 70.7 Å². The minimum absolute atomic E-state index is 0.0281. The molecule has 6 heteroatoms. The summed E-state index contributed by atoms with van der Waals surface area (Å²) < 4.78 is 6.19. The standard InChI is InChI=1S/C21H37N3O3/c1-2-19(27-17-9-4-3-5-10-17)21(26)24-13-7-8-16(15-24)14-23-20(25)18-11-6-12-22-18/h16-19,22H,2-15H2,1H3,(H,23,25). The van der Waals surface area contributed by atoms with Gasteiger partial charge in [-0.05, 0) is 57.4 Å². The van der Waals surface area contributed by atoms with Gasteiger partial charge in [-0.25, -0.2) is 0 Å². The van der Waals surface area contributed by atoms with Gasteiger partial charge in [-0.1, -0.05) is 26.2 Å². The number of rotatable bonds is 7. The van der Waals surface area contributed by atoms with E-state index in [0.717, 1.165) is 64.6 Å². The van der Waals surface area contributed by atoms with E-state index in [9.17, 15) is 9.59 Å². The molecule has 3 fully saturated rings. The molecule has 2 N–H and O–H groups in total. The van der Waals surface area contributed by atoms with E-state index in [1.54, 1.807) is 0 Å². The first-order valence-corrected chi connectivity index (χ1v) is 11.1. The Balaban J connectivity index is 1.45. The van der Waals surface area contributed by atoms with Crippen LogP contribution in [-0.4, -0.2) is 61.1 Å². The SMILES string of the molecule is CCC(OC1CCCCC1)C(=O)N1CCCC(CNC(=O)C2CCCN2)C1. The van der Waals surface area contributed by atoms with Crippen molar-refractivity contribution >= 4 is 11.8 Å². The van der Waals surface area contributed by atoms with Crippen LogP contribution in [0.5, 0.6) is 0 Å². The molecule has 6 nitrogen and oxygen atoms in total. The molecular formula is C21H37N3O3. The Morgan fingerprint density at radius 2 is 1.93 bits per heavy atom. The van der Waals surface area contributed by atoms with E-state index >= 15 is 0 Å². The zero-order chi connectivity index (χ0) is 19.1. The van der Waals surface area contributed by atoms with Crippen molar-refractivity contribution < 1.29 is 14.3 Å². The summed E-state index contributed by atoms with van der Waals surface area (Å²) in [7, 11) is 0. The average molecular weight is 380 g/mol. The number of nitrogens with zero attached hydrogens (tertiary/aromatic N) is 1. The third kappa shape index (κ3) is 5.92. The molecule has 0 bridgehead atoms. The maximum atomic E-state index is 13.0. The third-order valence-electron chi connectivity index (χ3n) is 6.33. The lowest BCUT2D eigenvalue weighted by molar-refractivity contribution is -0.151. The molecule has 2 amide bonds. The van der Waals surface area contributed by atoms with Crippen LogP contribution in [0.1, 0.15) is 71.1 Å². The average Bonchev–Trinajstić information content (AvgIpc) is 3.26. The van der Waals surface area contributed by atoms with Gasteiger partial charge in [0.1, 0.15) is 6.10 Å². The van der Waals surface area contributed by atoms with Gasteiger partial charge in [0.05, 0.1) is 12.1 Å². The molecule has 154 valence electrons. The first-order valence-electron chi connectivity index (χ1n) is 11.1. The van der Waals surface area contributed by atoms with Crippen molar-refractivity contribution in [1.82, 2.24) is 15.5 Å². The number of ether oxygens (including phenoxy) is 1. The van der Waals surface area contributed by atoms with Crippen LogP contribution in [0.3, 0.4) is 0 Å². The van der Waals surface area contributed by atoms with Gasteiger partial charge in [0.25, 0.3) is 5.91 Å². The molecule has 2 saturated heterocycles. The first-order chi connectivity index (χ1) is 13.2. The number of carbonyl (C=O) groups excluding carboxylic acids is 2. The largest absolute Gasteiger partial charge is 0.365 e. The second kappa shape index (κ2) is 10.4. The van der Waals surface area contributed by atoms with Crippen LogP contribution in [-0.2, 0) is 14.3 Å². The van der Waals surface area contributed by atoms with Gasteiger partial charge in [-0.15, -0.1) is 0 Å². The number of hydrogen-bond donors (Lipinski definition) is 2. The molecule has 0 spiro atoms. The quantitative estimate of drug-likeness (QED) is 0.712. The molecule has 3 unspecified atom stereocenters. The van der Waals surface area contributed by atoms with Crippen molar-refractivity contribution in [3.63, 3.8) is 0 Å². The molecule has 3 rings (SSSR count). The zero-order valence-electron chi connectivity index (χ0n) is 16.9. The molecule has 0 radical (unpaired) electrons. The molecule has 3 atom stereocenters. The van der Waals surface area contributed by atoms with Gasteiger partial charge in [-0.2, -0.15) is 0 Å². The Labute approximate surface area is 163 Å². The van der Waals surface area contributed by atoms with Gasteiger partial charge in [-0.3, -0.25) is 9.59 Å². The van der Waals surface area contributed by atoms with E-state index in [1.165, 1.54) is 19.3 Å². The van der Waals surface area contributed by atoms with Crippen LogP contribution < -0.4 is 10.6 Å². The lowest BCUT2D eigenvalue weighted by Crippen LogP contribution is -2.49. The number of piperidine rings is 1. The number of hydrogen-bond acceptors (Lipinski definition) is 4. The van der Waals surface area contributed by atoms with E-state index in [4.69, 9.17) is 4.74 Å². The molecule has 2 heterocycles. The van der Waals surface area contributed by atoms with Crippen LogP contribution in [0.2, 0.25) is 0 Å². The van der Waals surface area contributed by atoms with Gasteiger partial charge >= 0.3 is 0 Å². The van der Waals surface area contributed by atoms with Crippen LogP contribution >= 0.6 is 0 Å². The summed E-state index contributed by atoms with van der Waals surface area (Å²) in [5.41, 5.74) is 0. The molecule has 0 aromatic rings. The molecule has 0 aromatic carbocycles. The molecular weight excluding hydrogens is 342 g/mol. The van der Waals surface area contributed by atoms with E-state index in [-0.39, 0.29) is 30.1 Å². The Kier molecular flexibility index (Phi) is 7.94. The van der Waals surface area contributed by atoms with Crippen molar-refractivity contribution in [2.75, 3.05) is 26.2 Å². The van der Waals surface area contributed by atoms with Crippen molar-refractivity contribution in [1.29, 1.82) is 0 Å². The zero-order valence-corrected chi connectivity index (χ0v) is 16.9. The second-order valence-electron chi connectivity index (χ2n) is 8.48. The number of nitrogens with one attached hydrogen (secondary N) is 2. The summed E-state index contributed by atoms with van der Waals surface area (Å²) in [6.07, 6.45) is 10.7. The Bertz CT molecular complexity index is 487. The molecule has 1 saturated carbocycles. The molecule has 1 aliphatic carbocycles. The fourth-order valence-electron chi connectivity index (χ4n) is 4.67. The highest BCUT2D eigenvalue weighted by molar-refractivity contribution is 5.82. The summed E-state index contributed by atoms with van der Waals surface area (Å²) in [6.45, 7) is 5.20. The fourth-order valence-corrected chi connectivity index (χ4v) is 4.67. The maximum Gasteiger partial charge on any atom is 0.251 e. The van der Waals surface area contributed by atoms with Gasteiger partial charge < -0.3 is 20.3 Å². The molecule has 3 aliphatic rings. The highest BCUT2D eigenvalue weighted by Crippen LogP contribution is 2.24. The smallest absolute Gasteiger partial charge is 0.251 e. The van der Waals surface area contributed by atoms with E-state index in [1.807, 2.05) is 11.8 Å². The fraction of sp³-hybridized carbons (Fsp3) is 0.905. The van der Waals surface area contributed by atoms with Crippen molar-refractivity contribution in [2.24, 2.45) is 5.92 Å². The van der Waals surface area contributed by atoms with Gasteiger partial charge in [0.2, 0.25) is 5.91 Å². The van der Waals surface area contributed by atoms with Crippen molar-refractivity contribution in [2.45, 2.75) is 89.4 Å². The predicted octanol–water partition coefficient (Wildman–Crippen LogP) is 2.22. The Morgan fingerprint density at radius 1 is 1.11 bits per heavy atom. The summed E-state index contributed by atoms with van der Waals surface area (Å²) in [6, 6.07) is -0.0281. The van der Waals surface area contributed by atoms with E-state index < -0.39 is 0 Å². The predicted molar refractivity (Wildman–Crippen MR) is 105 cm³/mol. The number of likely N-dealkylation sites (tertiary alicyclic amines) is 1. The van der Waals surface area contributed by atoms with E-state index in [0.29, 0.717) is 12.5 Å². The van der Waals surface area contributed by atoms with Crippen LogP contribution in [0.25, 0.3) is 0 Å². The minimum Gasteiger partial charge on any atom is -0.365 e. The summed E-state index contributed by atoms with van der Waals surface area (Å²) in [5.74, 6) is 0.611. The lowest BCUT2D eigenvalue weighted by atomic mass is 9.96. The van der Waals surface area contributed by atoms with Crippen LogP contribution in [0.4, 0.5) is 0 Å². The molecule has 27 heavy (non-hydrogen) atoms. The number of carbonyl (C=O) groups is 2. The normalized spacial score (nSPS) is 28.1. The molecule has 0 aromatic heterocycles. The minimum atomic E-state index is -0.302. The second-order valence-corrected chi connectivity index (χ2v) is 8.48. The third-order valence-corrected chi connectivity index (χ3v) is 6.33. The highest BCUT2D eigenvalue weighted by atomic mass is 16.5. The first kappa shape index (κ1) is 20.6.